The molecule has 0 aromatic heterocycles. The lowest BCUT2D eigenvalue weighted by Crippen LogP contribution is -2.11. The fourth-order valence-electron chi connectivity index (χ4n) is 0.965. The molecular weight excluding hydrogens is 160 g/mol. The van der Waals surface area contributed by atoms with E-state index < -0.39 is 10.8 Å². The van der Waals surface area contributed by atoms with Gasteiger partial charge in [-0.2, -0.15) is 0 Å². The predicted octanol–water partition coefficient (Wildman–Crippen LogP) is 0.629. The fourth-order valence-corrected chi connectivity index (χ4v) is 1.78. The number of nitrogens with zero attached hydrogens (tertiary/aromatic N) is 2. The van der Waals surface area contributed by atoms with Crippen LogP contribution in [0.3, 0.4) is 0 Å². The molecule has 0 N–H and O–H groups in total. The highest BCUT2D eigenvalue weighted by molar-refractivity contribution is 7.91. The summed E-state index contributed by atoms with van der Waals surface area (Å²) in [6.07, 6.45) is 3.31. The van der Waals surface area contributed by atoms with Crippen molar-refractivity contribution in [1.82, 2.24) is 0 Å². The largest absolute Gasteiger partial charge is 0.269 e. The number of hydrogen-bond acceptors (Lipinski definition) is 3. The molecule has 4 heteroatoms. The minimum absolute atomic E-state index is 0.606. The summed E-state index contributed by atoms with van der Waals surface area (Å²) in [5, 5.41) is 3.32. The molecule has 0 spiro atoms. The topological polar surface area (TPSA) is 41.8 Å². The molecule has 0 saturated heterocycles. The second-order valence-electron chi connectivity index (χ2n) is 2.24. The first-order valence-electron chi connectivity index (χ1n) is 3.21. The molecule has 0 saturated carbocycles. The summed E-state index contributed by atoms with van der Waals surface area (Å²) in [5.41, 5.74) is 1.85. The Kier molecular flexibility index (Phi) is 1.54. The second-order valence-corrected chi connectivity index (χ2v) is 3.41. The predicted molar refractivity (Wildman–Crippen MR) is 46.2 cm³/mol. The molecule has 1 atom stereocenters. The van der Waals surface area contributed by atoms with E-state index in [0.29, 0.717) is 6.54 Å². The molecule has 0 aliphatic carbocycles. The van der Waals surface area contributed by atoms with Gasteiger partial charge in [-0.05, 0) is 6.08 Å². The average Bonchev–Trinajstić information content (AvgIpc) is 2.04. The van der Waals surface area contributed by atoms with Gasteiger partial charge in [0.15, 0.2) is 0 Å². The zero-order valence-corrected chi connectivity index (χ0v) is 6.54. The van der Waals surface area contributed by atoms with Gasteiger partial charge in [-0.25, -0.2) is 4.99 Å². The third-order valence-electron chi connectivity index (χ3n) is 1.49. The van der Waals surface area contributed by atoms with Crippen LogP contribution >= 0.6 is 0 Å². The third-order valence-corrected chi connectivity index (χ3v) is 2.41. The zero-order chi connectivity index (χ0) is 7.68. The maximum absolute atomic E-state index is 11.0. The van der Waals surface area contributed by atoms with Gasteiger partial charge in [-0.15, -0.1) is 0 Å². The van der Waals surface area contributed by atoms with Crippen molar-refractivity contribution < 1.29 is 4.21 Å². The molecule has 0 radical (unpaired) electrons. The maximum Gasteiger partial charge on any atom is 0.110 e. The lowest BCUT2D eigenvalue weighted by molar-refractivity contribution is 0.693. The first kappa shape index (κ1) is 6.67. The van der Waals surface area contributed by atoms with Crippen molar-refractivity contribution in [2.75, 3.05) is 6.54 Å². The molecule has 3 nitrogen and oxygen atoms in total. The number of hydrogen-bond donors (Lipinski definition) is 0. The molecule has 11 heavy (non-hydrogen) atoms. The monoisotopic (exact) mass is 166 g/mol. The van der Waals surface area contributed by atoms with Crippen molar-refractivity contribution in [1.29, 1.82) is 0 Å². The minimum Gasteiger partial charge on any atom is -0.269 e. The Morgan fingerprint density at radius 1 is 1.55 bits per heavy atom. The van der Waals surface area contributed by atoms with Crippen LogP contribution in [0.25, 0.3) is 0 Å². The zero-order valence-electron chi connectivity index (χ0n) is 5.73. The van der Waals surface area contributed by atoms with Gasteiger partial charge in [0.2, 0.25) is 0 Å². The van der Waals surface area contributed by atoms with E-state index in [9.17, 15) is 4.21 Å². The van der Waals surface area contributed by atoms with Crippen LogP contribution in [0, 0.1) is 0 Å². The minimum atomic E-state index is -0.956. The number of aliphatic imine (C=N–C) groups is 2. The quantitative estimate of drug-likeness (QED) is 0.520. The molecule has 0 aromatic carbocycles. The molecule has 2 rings (SSSR count). The van der Waals surface area contributed by atoms with Crippen molar-refractivity contribution in [3.63, 3.8) is 0 Å². The lowest BCUT2D eigenvalue weighted by atomic mass is 10.1. The van der Waals surface area contributed by atoms with Crippen LogP contribution in [0.15, 0.2) is 32.5 Å². The van der Waals surface area contributed by atoms with Gasteiger partial charge in [0.25, 0.3) is 0 Å². The van der Waals surface area contributed by atoms with E-state index in [-0.39, 0.29) is 0 Å². The van der Waals surface area contributed by atoms with Crippen molar-refractivity contribution in [3.8, 4) is 0 Å². The van der Waals surface area contributed by atoms with E-state index in [0.717, 1.165) is 11.3 Å². The first-order chi connectivity index (χ1) is 5.36. The Morgan fingerprint density at radius 3 is 3.36 bits per heavy atom. The van der Waals surface area contributed by atoms with Crippen molar-refractivity contribution in [3.05, 3.63) is 22.5 Å². The number of fused-ring (bicyclic) bond motifs is 1. The highest BCUT2D eigenvalue weighted by atomic mass is 32.2. The summed E-state index contributed by atoms with van der Waals surface area (Å²) in [5.74, 6) is 0. The van der Waals surface area contributed by atoms with Gasteiger partial charge in [0.1, 0.15) is 6.34 Å². The fraction of sp³-hybridized carbons (Fsp3) is 0.143. The van der Waals surface area contributed by atoms with E-state index >= 15 is 0 Å². The Hall–Kier alpha value is -1.03. The summed E-state index contributed by atoms with van der Waals surface area (Å²) >= 11 is 0. The number of rotatable bonds is 0. The first-order valence-corrected chi connectivity index (χ1v) is 4.48. The van der Waals surface area contributed by atoms with Crippen LogP contribution in [0.4, 0.5) is 0 Å². The Bertz CT molecular complexity index is 325. The summed E-state index contributed by atoms with van der Waals surface area (Å²) in [7, 11) is -0.956. The van der Waals surface area contributed by atoms with E-state index in [1.54, 1.807) is 16.9 Å². The molecule has 2 heterocycles. The highest BCUT2D eigenvalue weighted by Crippen LogP contribution is 2.11. The van der Waals surface area contributed by atoms with E-state index in [1.807, 2.05) is 0 Å². The van der Waals surface area contributed by atoms with E-state index in [4.69, 9.17) is 0 Å². The molecule has 0 aromatic rings. The van der Waals surface area contributed by atoms with Gasteiger partial charge in [-0.1, -0.05) is 0 Å². The van der Waals surface area contributed by atoms with Crippen LogP contribution in [0.5, 0.6) is 0 Å². The van der Waals surface area contributed by atoms with Gasteiger partial charge in [0.05, 0.1) is 23.1 Å². The van der Waals surface area contributed by atoms with Crippen LogP contribution in [0.1, 0.15) is 0 Å². The van der Waals surface area contributed by atoms with E-state index in [2.05, 4.69) is 9.98 Å². The summed E-state index contributed by atoms with van der Waals surface area (Å²) in [4.78, 5) is 7.97. The highest BCUT2D eigenvalue weighted by Gasteiger charge is 2.11. The Labute approximate surface area is 66.7 Å². The third kappa shape index (κ3) is 1.21. The normalized spacial score (nSPS) is 27.5. The average molecular weight is 166 g/mol. The van der Waals surface area contributed by atoms with Gasteiger partial charge in [-0.3, -0.25) is 9.20 Å². The molecule has 0 amide bonds. The summed E-state index contributed by atoms with van der Waals surface area (Å²) in [6.45, 7) is 0.606. The molecule has 2 aliphatic rings. The van der Waals surface area contributed by atoms with Gasteiger partial charge >= 0.3 is 0 Å². The molecular formula is C7H6N2OS. The number of allylic oxidation sites excluding steroid dienone is 1. The van der Waals surface area contributed by atoms with Gasteiger partial charge in [0, 0.05) is 16.4 Å². The molecule has 1 unspecified atom stereocenters. The van der Waals surface area contributed by atoms with Gasteiger partial charge < -0.3 is 0 Å². The van der Waals surface area contributed by atoms with Crippen molar-refractivity contribution in [2.24, 2.45) is 9.98 Å². The lowest BCUT2D eigenvalue weighted by Gasteiger charge is -2.09. The molecule has 56 valence electrons. The molecule has 0 fully saturated rings. The smallest absolute Gasteiger partial charge is 0.110 e. The summed E-state index contributed by atoms with van der Waals surface area (Å²) < 4.78 is 11.0. The van der Waals surface area contributed by atoms with Crippen LogP contribution in [0.2, 0.25) is 0 Å². The Morgan fingerprint density at radius 2 is 2.45 bits per heavy atom. The standard InChI is InChI=1S/C7H6N2OS/c10-11-2-1-7-6(4-11)3-8-5-9-7/h1-2,4-5H,3H2. The summed E-state index contributed by atoms with van der Waals surface area (Å²) in [6, 6.07) is 0. The van der Waals surface area contributed by atoms with Crippen molar-refractivity contribution >= 4 is 22.8 Å². The Balaban J connectivity index is 2.44. The SMILES string of the molecule is O=S1C=CC2=NC=NCC2=C1. The van der Waals surface area contributed by atoms with E-state index in [1.165, 1.54) is 6.34 Å². The maximum atomic E-state index is 11.0. The molecule has 0 bridgehead atoms. The van der Waals surface area contributed by atoms with Crippen LogP contribution < -0.4 is 0 Å². The second kappa shape index (κ2) is 2.54. The van der Waals surface area contributed by atoms with Crippen molar-refractivity contribution in [2.45, 2.75) is 0 Å². The van der Waals surface area contributed by atoms with Crippen LogP contribution in [-0.2, 0) is 10.8 Å². The van der Waals surface area contributed by atoms with Crippen LogP contribution in [-0.4, -0.2) is 22.8 Å². The molecule has 2 aliphatic heterocycles.